The molecule has 2 heteroatoms. The van der Waals surface area contributed by atoms with E-state index in [9.17, 15) is 0 Å². The molecule has 2 nitrogen and oxygen atoms in total. The Morgan fingerprint density at radius 2 is 1.93 bits per heavy atom. The van der Waals surface area contributed by atoms with Gasteiger partial charge in [0.25, 0.3) is 0 Å². The van der Waals surface area contributed by atoms with Crippen molar-refractivity contribution in [2.45, 2.75) is 19.5 Å². The van der Waals surface area contributed by atoms with Crippen LogP contribution in [0.15, 0.2) is 24.3 Å². The summed E-state index contributed by atoms with van der Waals surface area (Å²) in [5.74, 6) is 0. The Morgan fingerprint density at radius 3 is 2.43 bits per heavy atom. The van der Waals surface area contributed by atoms with E-state index >= 15 is 0 Å². The number of nitrogens with zero attached hydrogens (tertiary/aromatic N) is 1. The lowest BCUT2D eigenvalue weighted by atomic mass is 10.1. The number of nitrogens with one attached hydrogen (secondary N) is 1. The van der Waals surface area contributed by atoms with Crippen LogP contribution in [-0.2, 0) is 6.54 Å². The van der Waals surface area contributed by atoms with E-state index in [1.54, 1.807) is 0 Å². The van der Waals surface area contributed by atoms with Gasteiger partial charge in [-0.05, 0) is 19.5 Å². The molecule has 1 N–H and O–H groups in total. The molecule has 1 fully saturated rings. The Kier molecular flexibility index (Phi) is 2.85. The molecule has 0 aliphatic carbocycles. The predicted octanol–water partition coefficient (Wildman–Crippen LogP) is 1.40. The average molecular weight is 190 g/mol. The summed E-state index contributed by atoms with van der Waals surface area (Å²) in [4.78, 5) is 2.42. The van der Waals surface area contributed by atoms with Crippen molar-refractivity contribution in [1.29, 1.82) is 0 Å². The third kappa shape index (κ3) is 2.14. The van der Waals surface area contributed by atoms with Crippen molar-refractivity contribution >= 4 is 0 Å². The second-order valence-corrected chi connectivity index (χ2v) is 4.21. The van der Waals surface area contributed by atoms with Crippen LogP contribution in [0.3, 0.4) is 0 Å². The Balaban J connectivity index is 1.92. The first-order valence-electron chi connectivity index (χ1n) is 5.22. The van der Waals surface area contributed by atoms with Crippen molar-refractivity contribution < 1.29 is 0 Å². The van der Waals surface area contributed by atoms with E-state index in [1.807, 2.05) is 0 Å². The molecule has 2 rings (SSSR count). The fourth-order valence-electron chi connectivity index (χ4n) is 1.70. The van der Waals surface area contributed by atoms with Crippen molar-refractivity contribution in [1.82, 2.24) is 10.2 Å². The molecule has 1 aromatic carbocycles. The highest BCUT2D eigenvalue weighted by Crippen LogP contribution is 2.09. The highest BCUT2D eigenvalue weighted by molar-refractivity contribution is 5.21. The molecule has 0 spiro atoms. The minimum atomic E-state index is 0.733. The van der Waals surface area contributed by atoms with Gasteiger partial charge in [-0.2, -0.15) is 0 Å². The number of likely N-dealkylation sites (N-methyl/N-ethyl adjacent to an activating group) is 1. The summed E-state index contributed by atoms with van der Waals surface area (Å²) in [6, 6.07) is 9.54. The van der Waals surface area contributed by atoms with Gasteiger partial charge in [0.15, 0.2) is 0 Å². The third-order valence-corrected chi connectivity index (χ3v) is 2.94. The van der Waals surface area contributed by atoms with Crippen LogP contribution in [0, 0.1) is 6.92 Å². The first-order valence-corrected chi connectivity index (χ1v) is 5.22. The molecule has 1 aliphatic heterocycles. The predicted molar refractivity (Wildman–Crippen MR) is 59.3 cm³/mol. The first-order chi connectivity index (χ1) is 6.75. The lowest BCUT2D eigenvalue weighted by molar-refractivity contribution is 0.173. The zero-order chi connectivity index (χ0) is 9.97. The van der Waals surface area contributed by atoms with Crippen molar-refractivity contribution in [3.63, 3.8) is 0 Å². The van der Waals surface area contributed by atoms with Gasteiger partial charge < -0.3 is 5.32 Å². The van der Waals surface area contributed by atoms with Crippen LogP contribution in [0.25, 0.3) is 0 Å². The van der Waals surface area contributed by atoms with Gasteiger partial charge in [-0.3, -0.25) is 4.90 Å². The standard InChI is InChI=1S/C12H18N2/c1-10-3-5-11(6-4-10)9-14(2)12-7-13-8-12/h3-6,12-13H,7-9H2,1-2H3. The van der Waals surface area contributed by atoms with E-state index in [-0.39, 0.29) is 0 Å². The normalized spacial score (nSPS) is 17.1. The molecule has 1 aromatic rings. The molecular weight excluding hydrogens is 172 g/mol. The average Bonchev–Trinajstić information content (AvgIpc) is 2.06. The molecule has 0 unspecified atom stereocenters. The Morgan fingerprint density at radius 1 is 1.29 bits per heavy atom. The lowest BCUT2D eigenvalue weighted by Gasteiger charge is -2.35. The van der Waals surface area contributed by atoms with Gasteiger partial charge in [-0.25, -0.2) is 0 Å². The number of aryl methyl sites for hydroxylation is 1. The summed E-state index contributed by atoms with van der Waals surface area (Å²) >= 11 is 0. The van der Waals surface area contributed by atoms with Crippen LogP contribution in [0.5, 0.6) is 0 Å². The molecule has 0 aromatic heterocycles. The summed E-state index contributed by atoms with van der Waals surface area (Å²) in [6.45, 7) is 5.47. The summed E-state index contributed by atoms with van der Waals surface area (Å²) in [7, 11) is 2.20. The van der Waals surface area contributed by atoms with Crippen LogP contribution in [0.2, 0.25) is 0 Å². The van der Waals surface area contributed by atoms with Crippen LogP contribution in [0.1, 0.15) is 11.1 Å². The second-order valence-electron chi connectivity index (χ2n) is 4.21. The first kappa shape index (κ1) is 9.69. The zero-order valence-corrected chi connectivity index (χ0v) is 8.96. The molecule has 1 aliphatic rings. The maximum atomic E-state index is 3.30. The van der Waals surface area contributed by atoms with E-state index in [0.29, 0.717) is 0 Å². The van der Waals surface area contributed by atoms with Gasteiger partial charge in [0.2, 0.25) is 0 Å². The minimum absolute atomic E-state index is 0.733. The third-order valence-electron chi connectivity index (χ3n) is 2.94. The Bertz CT molecular complexity index is 288. The number of benzene rings is 1. The molecule has 1 saturated heterocycles. The van der Waals surface area contributed by atoms with E-state index in [4.69, 9.17) is 0 Å². The largest absolute Gasteiger partial charge is 0.314 e. The molecule has 0 radical (unpaired) electrons. The zero-order valence-electron chi connectivity index (χ0n) is 8.96. The smallest absolute Gasteiger partial charge is 0.0345 e. The van der Waals surface area contributed by atoms with Gasteiger partial charge in [0, 0.05) is 25.7 Å². The molecule has 14 heavy (non-hydrogen) atoms. The van der Waals surface area contributed by atoms with E-state index in [1.165, 1.54) is 11.1 Å². The van der Waals surface area contributed by atoms with Gasteiger partial charge in [-0.15, -0.1) is 0 Å². The lowest BCUT2D eigenvalue weighted by Crippen LogP contribution is -2.55. The summed E-state index contributed by atoms with van der Waals surface area (Å²) in [5, 5.41) is 3.30. The number of hydrogen-bond acceptors (Lipinski definition) is 2. The topological polar surface area (TPSA) is 15.3 Å². The number of rotatable bonds is 3. The molecule has 0 saturated carbocycles. The minimum Gasteiger partial charge on any atom is -0.314 e. The highest BCUT2D eigenvalue weighted by Gasteiger charge is 2.20. The molecular formula is C12H18N2. The molecule has 0 atom stereocenters. The summed E-state index contributed by atoms with van der Waals surface area (Å²) in [6.07, 6.45) is 0. The van der Waals surface area contributed by atoms with Gasteiger partial charge in [0.05, 0.1) is 0 Å². The molecule has 76 valence electrons. The fraction of sp³-hybridized carbons (Fsp3) is 0.500. The molecule has 0 bridgehead atoms. The maximum Gasteiger partial charge on any atom is 0.0345 e. The van der Waals surface area contributed by atoms with Crippen LogP contribution in [-0.4, -0.2) is 31.1 Å². The summed E-state index contributed by atoms with van der Waals surface area (Å²) < 4.78 is 0. The van der Waals surface area contributed by atoms with E-state index < -0.39 is 0 Å². The highest BCUT2D eigenvalue weighted by atomic mass is 15.2. The van der Waals surface area contributed by atoms with Crippen LogP contribution in [0.4, 0.5) is 0 Å². The number of hydrogen-bond donors (Lipinski definition) is 1. The monoisotopic (exact) mass is 190 g/mol. The van der Waals surface area contributed by atoms with Crippen molar-refractivity contribution in [2.75, 3.05) is 20.1 Å². The SMILES string of the molecule is Cc1ccc(CN(C)C2CNC2)cc1. The van der Waals surface area contributed by atoms with Gasteiger partial charge in [0.1, 0.15) is 0 Å². The maximum absolute atomic E-state index is 3.30. The molecule has 1 heterocycles. The Labute approximate surface area is 85.9 Å². The molecule has 0 amide bonds. The van der Waals surface area contributed by atoms with Crippen molar-refractivity contribution in [3.8, 4) is 0 Å². The van der Waals surface area contributed by atoms with Gasteiger partial charge in [-0.1, -0.05) is 29.8 Å². The fourth-order valence-corrected chi connectivity index (χ4v) is 1.70. The van der Waals surface area contributed by atoms with E-state index in [0.717, 1.165) is 25.7 Å². The van der Waals surface area contributed by atoms with E-state index in [2.05, 4.69) is 48.5 Å². The van der Waals surface area contributed by atoms with Crippen LogP contribution < -0.4 is 5.32 Å². The second kappa shape index (κ2) is 4.11. The van der Waals surface area contributed by atoms with Crippen molar-refractivity contribution in [3.05, 3.63) is 35.4 Å². The van der Waals surface area contributed by atoms with Crippen LogP contribution >= 0.6 is 0 Å². The summed E-state index contributed by atoms with van der Waals surface area (Å²) in [5.41, 5.74) is 2.74. The Hall–Kier alpha value is -0.860. The van der Waals surface area contributed by atoms with Gasteiger partial charge >= 0.3 is 0 Å². The van der Waals surface area contributed by atoms with Crippen molar-refractivity contribution in [2.24, 2.45) is 0 Å². The quantitative estimate of drug-likeness (QED) is 0.775.